The van der Waals surface area contributed by atoms with Crippen LogP contribution in [0.2, 0.25) is 5.31 Å². The third-order valence-corrected chi connectivity index (χ3v) is 5.79. The van der Waals surface area contributed by atoms with Crippen LogP contribution in [0.15, 0.2) is 24.3 Å². The zero-order valence-electron chi connectivity index (χ0n) is 16.5. The molecule has 2 rings (SSSR count). The predicted octanol–water partition coefficient (Wildman–Crippen LogP) is 4.95. The van der Waals surface area contributed by atoms with E-state index in [0.29, 0.717) is 25.3 Å². The molecule has 0 saturated carbocycles. The van der Waals surface area contributed by atoms with E-state index in [-0.39, 0.29) is 0 Å². The maximum absolute atomic E-state index is 12.6. The number of benzene rings is 1. The first-order valence-corrected chi connectivity index (χ1v) is 10.0. The highest BCUT2D eigenvalue weighted by molar-refractivity contribution is 6.26. The smallest absolute Gasteiger partial charge is 0.416 e. The average molecular weight is 395 g/mol. The van der Waals surface area contributed by atoms with Gasteiger partial charge in [0, 0.05) is 5.31 Å². The van der Waals surface area contributed by atoms with E-state index >= 15 is 0 Å². The summed E-state index contributed by atoms with van der Waals surface area (Å²) < 4.78 is 37.9. The van der Waals surface area contributed by atoms with E-state index in [4.69, 9.17) is 7.85 Å². The number of rotatable bonds is 9. The monoisotopic (exact) mass is 395 g/mol. The summed E-state index contributed by atoms with van der Waals surface area (Å²) in [6.45, 7) is 4.42. The summed E-state index contributed by atoms with van der Waals surface area (Å²) in [7, 11) is 6.11. The van der Waals surface area contributed by atoms with Crippen molar-refractivity contribution < 1.29 is 23.1 Å². The number of carboxylic acids is 1. The van der Waals surface area contributed by atoms with Crippen molar-refractivity contribution in [3.05, 3.63) is 35.4 Å². The van der Waals surface area contributed by atoms with Gasteiger partial charge in [-0.2, -0.15) is 13.2 Å². The van der Waals surface area contributed by atoms with E-state index in [0.717, 1.165) is 62.9 Å². The molecule has 0 amide bonds. The van der Waals surface area contributed by atoms with Crippen molar-refractivity contribution in [1.82, 2.24) is 4.90 Å². The van der Waals surface area contributed by atoms with Crippen LogP contribution >= 0.6 is 0 Å². The third-order valence-electron chi connectivity index (χ3n) is 5.79. The number of hydrogen-bond donors (Lipinski definition) is 1. The Morgan fingerprint density at radius 1 is 1.18 bits per heavy atom. The first-order valence-electron chi connectivity index (χ1n) is 10.0. The van der Waals surface area contributed by atoms with E-state index in [1.54, 1.807) is 12.1 Å². The summed E-state index contributed by atoms with van der Waals surface area (Å²) in [6.07, 6.45) is 1.05. The Kier molecular flexibility index (Phi) is 7.99. The van der Waals surface area contributed by atoms with Crippen LogP contribution in [0.3, 0.4) is 0 Å². The number of piperidine rings is 1. The van der Waals surface area contributed by atoms with Crippen LogP contribution < -0.4 is 0 Å². The molecule has 1 aromatic rings. The van der Waals surface area contributed by atoms with Crippen molar-refractivity contribution in [2.75, 3.05) is 19.6 Å². The van der Waals surface area contributed by atoms with E-state index in [2.05, 4.69) is 4.90 Å². The van der Waals surface area contributed by atoms with Crippen LogP contribution in [0.25, 0.3) is 0 Å². The lowest BCUT2D eigenvalue weighted by Crippen LogP contribution is -2.37. The fraction of sp³-hybridized carbons (Fsp3) is 0.667. The third kappa shape index (κ3) is 6.54. The average Bonchev–Trinajstić information content (AvgIpc) is 2.65. The maximum atomic E-state index is 12.6. The Hall–Kier alpha value is -1.50. The fourth-order valence-corrected chi connectivity index (χ4v) is 3.77. The number of aliphatic carboxylic acids is 1. The predicted molar refractivity (Wildman–Crippen MR) is 105 cm³/mol. The highest BCUT2D eigenvalue weighted by Gasteiger charge is 2.33. The topological polar surface area (TPSA) is 40.5 Å². The van der Waals surface area contributed by atoms with Gasteiger partial charge < -0.3 is 10.0 Å². The Morgan fingerprint density at radius 3 is 2.29 bits per heavy atom. The molecule has 28 heavy (non-hydrogen) atoms. The highest BCUT2D eigenvalue weighted by Crippen LogP contribution is 2.34. The second kappa shape index (κ2) is 9.81. The summed E-state index contributed by atoms with van der Waals surface area (Å²) in [5, 5.41) is 8.29. The van der Waals surface area contributed by atoms with Gasteiger partial charge in [0.2, 0.25) is 0 Å². The minimum Gasteiger partial charge on any atom is -0.481 e. The Bertz CT molecular complexity index is 628. The molecule has 1 atom stereocenters. The molecule has 7 heteroatoms. The standard InChI is InChI=1S/C21H29BF3NO2/c1-2-3-10-20(22,19(27)28)11-14-26-12-8-17(9-13-26)15-16-4-6-18(7-5-16)21(23,24)25/h4-7,17H,2-3,8-15H2,1H3,(H,27,28). The molecule has 1 aliphatic rings. The molecule has 1 unspecified atom stereocenters. The van der Waals surface area contributed by atoms with Crippen molar-refractivity contribution in [3.63, 3.8) is 0 Å². The van der Waals surface area contributed by atoms with Gasteiger partial charge in [0.15, 0.2) is 0 Å². The molecular formula is C21H29BF3NO2. The second-order valence-corrected chi connectivity index (χ2v) is 8.00. The van der Waals surface area contributed by atoms with E-state index in [9.17, 15) is 23.1 Å². The van der Waals surface area contributed by atoms with Gasteiger partial charge in [-0.3, -0.25) is 4.79 Å². The Balaban J connectivity index is 1.78. The van der Waals surface area contributed by atoms with E-state index < -0.39 is 23.0 Å². The van der Waals surface area contributed by atoms with E-state index in [1.807, 2.05) is 6.92 Å². The molecular weight excluding hydrogens is 366 g/mol. The van der Waals surface area contributed by atoms with E-state index in [1.165, 1.54) is 0 Å². The van der Waals surface area contributed by atoms with Crippen molar-refractivity contribution in [1.29, 1.82) is 0 Å². The van der Waals surface area contributed by atoms with Crippen LogP contribution in [0.5, 0.6) is 0 Å². The number of nitrogens with zero attached hydrogens (tertiary/aromatic N) is 1. The normalized spacial score (nSPS) is 18.7. The van der Waals surface area contributed by atoms with Gasteiger partial charge in [0.25, 0.3) is 0 Å². The number of carbonyl (C=O) groups is 1. The van der Waals surface area contributed by atoms with Gasteiger partial charge in [-0.1, -0.05) is 31.9 Å². The molecule has 1 aliphatic heterocycles. The summed E-state index contributed by atoms with van der Waals surface area (Å²) in [5.41, 5.74) is 0.315. The van der Waals surface area contributed by atoms with Crippen molar-refractivity contribution in [2.45, 2.75) is 63.4 Å². The highest BCUT2D eigenvalue weighted by atomic mass is 19.4. The van der Waals surface area contributed by atoms with Gasteiger partial charge in [0.05, 0.1) is 13.4 Å². The van der Waals surface area contributed by atoms with Gasteiger partial charge >= 0.3 is 12.1 Å². The molecule has 1 N–H and O–H groups in total. The summed E-state index contributed by atoms with van der Waals surface area (Å²) >= 11 is 0. The van der Waals surface area contributed by atoms with Crippen molar-refractivity contribution >= 4 is 13.8 Å². The van der Waals surface area contributed by atoms with Crippen LogP contribution in [0, 0.1) is 5.92 Å². The molecule has 0 aromatic heterocycles. The quantitative estimate of drug-likeness (QED) is 0.602. The zero-order valence-corrected chi connectivity index (χ0v) is 16.5. The minimum absolute atomic E-state index is 0.436. The molecule has 0 spiro atoms. The molecule has 0 bridgehead atoms. The molecule has 154 valence electrons. The zero-order chi connectivity index (χ0) is 20.8. The number of unbranched alkanes of at least 4 members (excludes halogenated alkanes) is 1. The number of carboxylic acid groups (broad SMARTS) is 1. The van der Waals surface area contributed by atoms with Crippen LogP contribution in [0.1, 0.15) is 56.6 Å². The number of alkyl halides is 3. The summed E-state index contributed by atoms with van der Waals surface area (Å²) in [4.78, 5) is 13.8. The van der Waals surface area contributed by atoms with Gasteiger partial charge in [-0.05, 0) is 75.4 Å². The molecule has 1 fully saturated rings. The second-order valence-electron chi connectivity index (χ2n) is 8.00. The minimum atomic E-state index is -4.30. The molecule has 3 nitrogen and oxygen atoms in total. The van der Waals surface area contributed by atoms with Gasteiger partial charge in [0.1, 0.15) is 0 Å². The lowest BCUT2D eigenvalue weighted by Gasteiger charge is -2.34. The lowest BCUT2D eigenvalue weighted by atomic mass is 9.63. The SMILES string of the molecule is [B]C(CCCC)(CCN1CCC(Cc2ccc(C(F)(F)F)cc2)CC1)C(=O)O. The Labute approximate surface area is 166 Å². The largest absolute Gasteiger partial charge is 0.481 e. The van der Waals surface area contributed by atoms with Crippen LogP contribution in [-0.2, 0) is 17.4 Å². The van der Waals surface area contributed by atoms with Crippen molar-refractivity contribution in [3.8, 4) is 0 Å². The van der Waals surface area contributed by atoms with Crippen LogP contribution in [-0.4, -0.2) is 43.5 Å². The summed E-state index contributed by atoms with van der Waals surface area (Å²) in [5.74, 6) is -0.492. The van der Waals surface area contributed by atoms with Gasteiger partial charge in [-0.25, -0.2) is 0 Å². The number of likely N-dealkylation sites (tertiary alicyclic amines) is 1. The molecule has 2 radical (unpaired) electrons. The summed E-state index contributed by atoms with van der Waals surface area (Å²) in [6, 6.07) is 5.43. The van der Waals surface area contributed by atoms with Gasteiger partial charge in [-0.15, -0.1) is 0 Å². The number of hydrogen-bond acceptors (Lipinski definition) is 2. The molecule has 1 saturated heterocycles. The first kappa shape index (κ1) is 22.8. The first-order chi connectivity index (χ1) is 13.1. The molecule has 1 aromatic carbocycles. The molecule has 1 heterocycles. The maximum Gasteiger partial charge on any atom is 0.416 e. The lowest BCUT2D eigenvalue weighted by molar-refractivity contribution is -0.141. The van der Waals surface area contributed by atoms with Crippen LogP contribution in [0.4, 0.5) is 13.2 Å². The number of halogens is 3. The fourth-order valence-electron chi connectivity index (χ4n) is 3.77. The Morgan fingerprint density at radius 2 is 1.79 bits per heavy atom. The molecule has 0 aliphatic carbocycles. The van der Waals surface area contributed by atoms with Crippen molar-refractivity contribution in [2.24, 2.45) is 5.92 Å².